The van der Waals surface area contributed by atoms with Gasteiger partial charge in [-0.15, -0.1) is 0 Å². The zero-order chi connectivity index (χ0) is 9.68. The van der Waals surface area contributed by atoms with Crippen molar-refractivity contribution in [3.63, 3.8) is 0 Å². The van der Waals surface area contributed by atoms with Crippen LogP contribution in [-0.2, 0) is 9.53 Å². The van der Waals surface area contributed by atoms with Crippen LogP contribution in [0.3, 0.4) is 0 Å². The monoisotopic (exact) mass is 182 g/mol. The first-order valence-corrected chi connectivity index (χ1v) is 5.17. The summed E-state index contributed by atoms with van der Waals surface area (Å²) in [6.07, 6.45) is 5.48. The number of esters is 1. The van der Waals surface area contributed by atoms with Crippen LogP contribution in [0.5, 0.6) is 0 Å². The Bertz CT molecular complexity index is 208. The predicted octanol–water partition coefficient (Wildman–Crippen LogP) is 2.83. The average molecular weight is 182 g/mol. The maximum atomic E-state index is 11.5. The van der Waals surface area contributed by atoms with E-state index in [9.17, 15) is 4.79 Å². The Hall–Kier alpha value is -0.790. The second kappa shape index (κ2) is 5.05. The van der Waals surface area contributed by atoms with Crippen molar-refractivity contribution in [2.24, 2.45) is 0 Å². The molecule has 1 aliphatic carbocycles. The van der Waals surface area contributed by atoms with Crippen LogP contribution >= 0.6 is 0 Å². The minimum atomic E-state index is -0.0955. The normalized spacial score (nSPS) is 16.0. The van der Waals surface area contributed by atoms with Gasteiger partial charge in [0.2, 0.25) is 0 Å². The van der Waals surface area contributed by atoms with Gasteiger partial charge in [0.05, 0.1) is 6.61 Å². The summed E-state index contributed by atoms with van der Waals surface area (Å²) in [4.78, 5) is 11.5. The maximum Gasteiger partial charge on any atom is 0.333 e. The third kappa shape index (κ3) is 2.58. The van der Waals surface area contributed by atoms with Crippen LogP contribution in [0.2, 0.25) is 0 Å². The van der Waals surface area contributed by atoms with Crippen molar-refractivity contribution in [1.82, 2.24) is 0 Å². The fourth-order valence-electron chi connectivity index (χ4n) is 1.86. The van der Waals surface area contributed by atoms with Crippen molar-refractivity contribution in [2.75, 3.05) is 6.61 Å². The molecule has 1 fully saturated rings. The Labute approximate surface area is 80.0 Å². The second-order valence-corrected chi connectivity index (χ2v) is 3.36. The SMILES string of the molecule is CCOC(=O)C(CC)=C1CCCC1. The summed E-state index contributed by atoms with van der Waals surface area (Å²) in [7, 11) is 0. The first kappa shape index (κ1) is 10.3. The van der Waals surface area contributed by atoms with Crippen LogP contribution in [0.4, 0.5) is 0 Å². The van der Waals surface area contributed by atoms with E-state index in [0.29, 0.717) is 6.61 Å². The molecular formula is C11H18O2. The van der Waals surface area contributed by atoms with E-state index in [4.69, 9.17) is 4.74 Å². The molecule has 13 heavy (non-hydrogen) atoms. The number of carbonyl (C=O) groups excluding carboxylic acids is 1. The average Bonchev–Trinajstić information content (AvgIpc) is 2.59. The number of carbonyl (C=O) groups is 1. The van der Waals surface area contributed by atoms with Gasteiger partial charge in [-0.1, -0.05) is 12.5 Å². The molecular weight excluding hydrogens is 164 g/mol. The van der Waals surface area contributed by atoms with Crippen LogP contribution in [-0.4, -0.2) is 12.6 Å². The molecule has 0 heterocycles. The van der Waals surface area contributed by atoms with E-state index < -0.39 is 0 Å². The summed E-state index contributed by atoms with van der Waals surface area (Å²) in [5.41, 5.74) is 2.26. The van der Waals surface area contributed by atoms with Crippen molar-refractivity contribution >= 4 is 5.97 Å². The van der Waals surface area contributed by atoms with Gasteiger partial charge in [0.1, 0.15) is 0 Å². The fraction of sp³-hybridized carbons (Fsp3) is 0.727. The van der Waals surface area contributed by atoms with E-state index in [1.165, 1.54) is 18.4 Å². The molecule has 0 aromatic heterocycles. The zero-order valence-corrected chi connectivity index (χ0v) is 8.56. The van der Waals surface area contributed by atoms with Gasteiger partial charge in [-0.3, -0.25) is 0 Å². The molecule has 0 amide bonds. The molecule has 0 atom stereocenters. The van der Waals surface area contributed by atoms with Gasteiger partial charge in [-0.2, -0.15) is 0 Å². The van der Waals surface area contributed by atoms with Crippen LogP contribution in [0, 0.1) is 0 Å². The molecule has 0 spiro atoms. The lowest BCUT2D eigenvalue weighted by Crippen LogP contribution is -2.08. The molecule has 0 aromatic rings. The highest BCUT2D eigenvalue weighted by Crippen LogP contribution is 2.28. The molecule has 0 aliphatic heterocycles. The minimum Gasteiger partial charge on any atom is -0.463 e. The molecule has 2 nitrogen and oxygen atoms in total. The summed E-state index contributed by atoms with van der Waals surface area (Å²) < 4.78 is 5.01. The Kier molecular flexibility index (Phi) is 4.00. The minimum absolute atomic E-state index is 0.0955. The van der Waals surface area contributed by atoms with Crippen molar-refractivity contribution in [1.29, 1.82) is 0 Å². The van der Waals surface area contributed by atoms with Crippen molar-refractivity contribution < 1.29 is 9.53 Å². The molecule has 74 valence electrons. The van der Waals surface area contributed by atoms with Crippen LogP contribution < -0.4 is 0 Å². The Morgan fingerprint density at radius 2 is 1.92 bits per heavy atom. The van der Waals surface area contributed by atoms with Gasteiger partial charge in [-0.25, -0.2) is 4.79 Å². The van der Waals surface area contributed by atoms with E-state index in [1.807, 2.05) is 13.8 Å². The first-order chi connectivity index (χ1) is 6.29. The first-order valence-electron chi connectivity index (χ1n) is 5.17. The largest absolute Gasteiger partial charge is 0.463 e. The Morgan fingerprint density at radius 3 is 2.38 bits per heavy atom. The Balaban J connectivity index is 2.70. The van der Waals surface area contributed by atoms with E-state index in [1.54, 1.807) is 0 Å². The molecule has 0 N–H and O–H groups in total. The summed E-state index contributed by atoms with van der Waals surface area (Å²) in [5.74, 6) is -0.0955. The lowest BCUT2D eigenvalue weighted by molar-refractivity contribution is -0.138. The third-order valence-electron chi connectivity index (χ3n) is 2.51. The standard InChI is InChI=1S/C11H18O2/c1-3-10(11(12)13-4-2)9-7-5-6-8-9/h3-8H2,1-2H3. The summed E-state index contributed by atoms with van der Waals surface area (Å²) in [6, 6.07) is 0. The van der Waals surface area contributed by atoms with E-state index in [2.05, 4.69) is 0 Å². The molecule has 0 saturated heterocycles. The van der Waals surface area contributed by atoms with Crippen LogP contribution in [0.15, 0.2) is 11.1 Å². The van der Waals surface area contributed by atoms with E-state index in [-0.39, 0.29) is 5.97 Å². The molecule has 2 heteroatoms. The van der Waals surface area contributed by atoms with Crippen molar-refractivity contribution in [3.8, 4) is 0 Å². The summed E-state index contributed by atoms with van der Waals surface area (Å²) >= 11 is 0. The summed E-state index contributed by atoms with van der Waals surface area (Å²) in [5, 5.41) is 0. The smallest absolute Gasteiger partial charge is 0.333 e. The molecule has 1 aliphatic rings. The highest BCUT2D eigenvalue weighted by atomic mass is 16.5. The van der Waals surface area contributed by atoms with Gasteiger partial charge >= 0.3 is 5.97 Å². The Morgan fingerprint density at radius 1 is 1.31 bits per heavy atom. The highest BCUT2D eigenvalue weighted by molar-refractivity contribution is 5.89. The molecule has 1 rings (SSSR count). The number of hydrogen-bond acceptors (Lipinski definition) is 2. The third-order valence-corrected chi connectivity index (χ3v) is 2.51. The van der Waals surface area contributed by atoms with Crippen LogP contribution in [0.1, 0.15) is 46.0 Å². The van der Waals surface area contributed by atoms with Gasteiger partial charge < -0.3 is 4.74 Å². The molecule has 1 saturated carbocycles. The lowest BCUT2D eigenvalue weighted by Gasteiger charge is -2.07. The zero-order valence-electron chi connectivity index (χ0n) is 8.56. The lowest BCUT2D eigenvalue weighted by atomic mass is 10.0. The van der Waals surface area contributed by atoms with Gasteiger partial charge in [0, 0.05) is 5.57 Å². The van der Waals surface area contributed by atoms with Crippen LogP contribution in [0.25, 0.3) is 0 Å². The number of rotatable bonds is 3. The van der Waals surface area contributed by atoms with Gasteiger partial charge in [0.25, 0.3) is 0 Å². The van der Waals surface area contributed by atoms with Gasteiger partial charge in [0.15, 0.2) is 0 Å². The number of hydrogen-bond donors (Lipinski definition) is 0. The van der Waals surface area contributed by atoms with Crippen molar-refractivity contribution in [3.05, 3.63) is 11.1 Å². The summed E-state index contributed by atoms with van der Waals surface area (Å²) in [6.45, 7) is 4.36. The van der Waals surface area contributed by atoms with E-state index in [0.717, 1.165) is 24.8 Å². The maximum absolute atomic E-state index is 11.5. The second-order valence-electron chi connectivity index (χ2n) is 3.36. The molecule has 0 aromatic carbocycles. The molecule has 0 unspecified atom stereocenters. The number of allylic oxidation sites excluding steroid dienone is 1. The molecule has 0 bridgehead atoms. The number of ether oxygens (including phenoxy) is 1. The van der Waals surface area contributed by atoms with Crippen molar-refractivity contribution in [2.45, 2.75) is 46.0 Å². The fourth-order valence-corrected chi connectivity index (χ4v) is 1.86. The van der Waals surface area contributed by atoms with E-state index >= 15 is 0 Å². The van der Waals surface area contributed by atoms with Gasteiger partial charge in [-0.05, 0) is 39.0 Å². The quantitative estimate of drug-likeness (QED) is 0.495. The molecule has 0 radical (unpaired) electrons. The topological polar surface area (TPSA) is 26.3 Å². The highest BCUT2D eigenvalue weighted by Gasteiger charge is 2.17. The predicted molar refractivity (Wildman–Crippen MR) is 52.4 cm³/mol.